The molecule has 3 rings (SSSR count). The third kappa shape index (κ3) is 5.06. The molecule has 1 aromatic heterocycles. The number of amides is 1. The third-order valence-corrected chi connectivity index (χ3v) is 6.55. The van der Waals surface area contributed by atoms with Gasteiger partial charge in [-0.05, 0) is 48.1 Å². The maximum Gasteiger partial charge on any atom is 0.260 e. The largest absolute Gasteiger partial charge is 0.498 e. The minimum Gasteiger partial charge on any atom is -0.498 e. The Bertz CT molecular complexity index is 1070. The van der Waals surface area contributed by atoms with Crippen molar-refractivity contribution in [2.45, 2.75) is 26.2 Å². The number of thiophene rings is 1. The summed E-state index contributed by atoms with van der Waals surface area (Å²) in [4.78, 5) is 12.6. The summed E-state index contributed by atoms with van der Waals surface area (Å²) in [5.74, 6) is 0.639. The highest BCUT2D eigenvalue weighted by molar-refractivity contribution is 7.12. The van der Waals surface area contributed by atoms with E-state index >= 15 is 0 Å². The highest BCUT2D eigenvalue weighted by Crippen LogP contribution is 2.25. The van der Waals surface area contributed by atoms with Gasteiger partial charge in [0.05, 0.1) is 18.1 Å². The highest BCUT2D eigenvalue weighted by atomic mass is 35.5. The van der Waals surface area contributed by atoms with E-state index in [1.54, 1.807) is 7.05 Å². The van der Waals surface area contributed by atoms with Gasteiger partial charge in [-0.1, -0.05) is 36.7 Å². The standard InChI is InChI=1S/C23H27ClN2O3S/c1-14(13-27)10-11-29-17-6-8-18(15-4-3-5-16(24)12-15)20-19(9-7-17)30-22(23(25)28)21(20)26-2/h3-6,9,12,14,26-27H,7-8,10-11,13H2,1-2H3,(H2,25,28). The molecule has 0 saturated heterocycles. The number of anilines is 1. The minimum atomic E-state index is -0.447. The molecule has 0 spiro atoms. The van der Waals surface area contributed by atoms with E-state index in [0.717, 1.165) is 38.8 Å². The lowest BCUT2D eigenvalue weighted by atomic mass is 9.97. The van der Waals surface area contributed by atoms with E-state index in [0.29, 0.717) is 29.3 Å². The molecule has 5 nitrogen and oxygen atoms in total. The SMILES string of the molecule is CNc1c(C(N)=O)sc2c1=C(c1cccc(Cl)c1)CC=C(OCCC(C)CO)CC=2. The number of benzene rings is 1. The first-order valence-corrected chi connectivity index (χ1v) is 11.2. The summed E-state index contributed by atoms with van der Waals surface area (Å²) in [5, 5.41) is 14.0. The van der Waals surface area contributed by atoms with Crippen molar-refractivity contribution in [3.05, 3.63) is 61.3 Å². The van der Waals surface area contributed by atoms with Crippen LogP contribution >= 0.6 is 22.9 Å². The van der Waals surface area contributed by atoms with E-state index in [9.17, 15) is 9.90 Å². The third-order valence-electron chi connectivity index (χ3n) is 5.12. The molecule has 0 fully saturated rings. The Balaban J connectivity index is 2.10. The maximum atomic E-state index is 12.1. The smallest absolute Gasteiger partial charge is 0.260 e. The van der Waals surface area contributed by atoms with Crippen LogP contribution < -0.4 is 20.8 Å². The van der Waals surface area contributed by atoms with Crippen LogP contribution in [0.3, 0.4) is 0 Å². The Hall–Kier alpha value is -2.28. The molecule has 4 N–H and O–H groups in total. The molecule has 1 aliphatic carbocycles. The van der Waals surface area contributed by atoms with Gasteiger partial charge in [0, 0.05) is 34.8 Å². The van der Waals surface area contributed by atoms with Crippen LogP contribution in [0.25, 0.3) is 11.6 Å². The van der Waals surface area contributed by atoms with Gasteiger partial charge in [-0.15, -0.1) is 11.3 Å². The zero-order chi connectivity index (χ0) is 21.7. The van der Waals surface area contributed by atoms with Crippen molar-refractivity contribution in [1.82, 2.24) is 0 Å². The van der Waals surface area contributed by atoms with Gasteiger partial charge in [-0.2, -0.15) is 0 Å². The molecule has 30 heavy (non-hydrogen) atoms. The van der Waals surface area contributed by atoms with Crippen LogP contribution in [-0.4, -0.2) is 31.3 Å². The zero-order valence-corrected chi connectivity index (χ0v) is 18.8. The number of fused-ring (bicyclic) bond motifs is 1. The number of nitrogens with two attached hydrogens (primary N) is 1. The molecule has 1 aliphatic rings. The normalized spacial score (nSPS) is 14.7. The minimum absolute atomic E-state index is 0.155. The van der Waals surface area contributed by atoms with Crippen LogP contribution in [-0.2, 0) is 4.74 Å². The topological polar surface area (TPSA) is 84.6 Å². The summed E-state index contributed by atoms with van der Waals surface area (Å²) >= 11 is 7.66. The summed E-state index contributed by atoms with van der Waals surface area (Å²) in [6.45, 7) is 2.71. The number of aliphatic hydroxyl groups is 1. The molecule has 160 valence electrons. The first-order valence-electron chi connectivity index (χ1n) is 9.97. The molecule has 0 radical (unpaired) electrons. The molecule has 1 atom stereocenters. The Labute approximate surface area is 185 Å². The van der Waals surface area contributed by atoms with Gasteiger partial charge < -0.3 is 20.9 Å². The van der Waals surface area contributed by atoms with Crippen LogP contribution in [0.15, 0.2) is 36.1 Å². The lowest BCUT2D eigenvalue weighted by molar-refractivity contribution is 0.100. The fourth-order valence-corrected chi connectivity index (χ4v) is 4.75. The summed E-state index contributed by atoms with van der Waals surface area (Å²) in [6.07, 6.45) is 6.22. The van der Waals surface area contributed by atoms with Crippen molar-refractivity contribution in [3.63, 3.8) is 0 Å². The number of nitrogens with one attached hydrogen (secondary N) is 1. The second-order valence-electron chi connectivity index (χ2n) is 7.36. The molecule has 7 heteroatoms. The number of carbonyl (C=O) groups is 1. The average molecular weight is 447 g/mol. The van der Waals surface area contributed by atoms with Gasteiger partial charge in [-0.25, -0.2) is 0 Å². The lowest BCUT2D eigenvalue weighted by Crippen LogP contribution is -2.26. The zero-order valence-electron chi connectivity index (χ0n) is 17.2. The van der Waals surface area contributed by atoms with Crippen molar-refractivity contribution < 1.29 is 14.6 Å². The monoisotopic (exact) mass is 446 g/mol. The van der Waals surface area contributed by atoms with Crippen molar-refractivity contribution in [2.24, 2.45) is 11.7 Å². The van der Waals surface area contributed by atoms with E-state index in [1.165, 1.54) is 11.3 Å². The van der Waals surface area contributed by atoms with Crippen molar-refractivity contribution in [3.8, 4) is 0 Å². The summed E-state index contributed by atoms with van der Waals surface area (Å²) < 4.78 is 6.99. The number of hydrogen-bond donors (Lipinski definition) is 3. The van der Waals surface area contributed by atoms with Crippen LogP contribution in [0, 0.1) is 5.92 Å². The van der Waals surface area contributed by atoms with Crippen molar-refractivity contribution in [2.75, 3.05) is 25.6 Å². The molecule has 2 aromatic rings. The number of ether oxygens (including phenoxy) is 1. The van der Waals surface area contributed by atoms with Gasteiger partial charge in [0.1, 0.15) is 4.88 Å². The maximum absolute atomic E-state index is 12.1. The quantitative estimate of drug-likeness (QED) is 0.581. The molecule has 1 heterocycles. The average Bonchev–Trinajstić information content (AvgIpc) is 3.08. The number of hydrogen-bond acceptors (Lipinski definition) is 5. The Morgan fingerprint density at radius 3 is 2.83 bits per heavy atom. The number of primary amides is 1. The van der Waals surface area contributed by atoms with Crippen LogP contribution in [0.2, 0.25) is 5.02 Å². The second-order valence-corrected chi connectivity index (χ2v) is 8.84. The van der Waals surface area contributed by atoms with Gasteiger partial charge in [-0.3, -0.25) is 4.79 Å². The van der Waals surface area contributed by atoms with E-state index in [-0.39, 0.29) is 12.5 Å². The van der Waals surface area contributed by atoms with Gasteiger partial charge >= 0.3 is 0 Å². The second kappa shape index (κ2) is 10.2. The molecular formula is C23H27ClN2O3S. The molecule has 0 bridgehead atoms. The molecule has 1 aromatic carbocycles. The van der Waals surface area contributed by atoms with E-state index < -0.39 is 5.91 Å². The lowest BCUT2D eigenvalue weighted by Gasteiger charge is -2.14. The van der Waals surface area contributed by atoms with E-state index in [2.05, 4.69) is 17.5 Å². The summed E-state index contributed by atoms with van der Waals surface area (Å²) in [7, 11) is 1.80. The fraction of sp³-hybridized carbons (Fsp3) is 0.348. The fourth-order valence-electron chi connectivity index (χ4n) is 3.44. The predicted octanol–water partition coefficient (Wildman–Crippen LogP) is 3.23. The number of allylic oxidation sites excluding steroid dienone is 2. The van der Waals surface area contributed by atoms with Crippen molar-refractivity contribution in [1.29, 1.82) is 0 Å². The number of rotatable bonds is 8. The Kier molecular flexibility index (Phi) is 7.58. The van der Waals surface area contributed by atoms with Crippen LogP contribution in [0.4, 0.5) is 5.69 Å². The van der Waals surface area contributed by atoms with Crippen molar-refractivity contribution >= 4 is 46.2 Å². The first kappa shape index (κ1) is 22.4. The summed E-state index contributed by atoms with van der Waals surface area (Å²) in [5.41, 5.74) is 8.46. The predicted molar refractivity (Wildman–Crippen MR) is 124 cm³/mol. The van der Waals surface area contributed by atoms with Crippen LogP contribution in [0.5, 0.6) is 0 Å². The molecule has 0 saturated carbocycles. The molecule has 1 unspecified atom stereocenters. The van der Waals surface area contributed by atoms with E-state index in [1.807, 2.05) is 31.2 Å². The molecule has 0 aliphatic heterocycles. The van der Waals surface area contributed by atoms with Gasteiger partial charge in [0.15, 0.2) is 0 Å². The number of carbonyl (C=O) groups excluding carboxylic acids is 1. The molecule has 1 amide bonds. The van der Waals surface area contributed by atoms with Gasteiger partial charge in [0.25, 0.3) is 5.91 Å². The van der Waals surface area contributed by atoms with Gasteiger partial charge in [0.2, 0.25) is 0 Å². The number of halogens is 1. The molecular weight excluding hydrogens is 420 g/mol. The Morgan fingerprint density at radius 2 is 2.17 bits per heavy atom. The highest BCUT2D eigenvalue weighted by Gasteiger charge is 2.18. The van der Waals surface area contributed by atoms with Crippen LogP contribution in [0.1, 0.15) is 41.4 Å². The van der Waals surface area contributed by atoms with E-state index in [4.69, 9.17) is 22.1 Å². The first-order chi connectivity index (χ1) is 14.4. The number of aliphatic hydroxyl groups excluding tert-OH is 1. The summed E-state index contributed by atoms with van der Waals surface area (Å²) in [6, 6.07) is 7.71. The Morgan fingerprint density at radius 1 is 1.37 bits per heavy atom.